The molecular weight excluding hydrogens is 426 g/mol. The van der Waals surface area contributed by atoms with Crippen molar-refractivity contribution in [3.63, 3.8) is 0 Å². The van der Waals surface area contributed by atoms with E-state index in [2.05, 4.69) is 21.7 Å². The SMILES string of the molecule is CC(C)(C)[C@](C)(NC(=O)O)C(=O)Nc1ncc(-c2ccccc2COC2CCCCC2)s1. The summed E-state index contributed by atoms with van der Waals surface area (Å²) in [7, 11) is 0. The third-order valence-electron chi connectivity index (χ3n) is 6.35. The Bertz CT molecular complexity index is 947. The summed E-state index contributed by atoms with van der Waals surface area (Å²) in [5.41, 5.74) is 0.157. The maximum atomic E-state index is 13.0. The number of hydrogen-bond acceptors (Lipinski definition) is 5. The summed E-state index contributed by atoms with van der Waals surface area (Å²) in [6.45, 7) is 7.59. The van der Waals surface area contributed by atoms with E-state index in [9.17, 15) is 14.7 Å². The van der Waals surface area contributed by atoms with Crippen LogP contribution in [-0.2, 0) is 16.1 Å². The van der Waals surface area contributed by atoms with Crippen LogP contribution >= 0.6 is 11.3 Å². The van der Waals surface area contributed by atoms with Crippen molar-refractivity contribution in [1.29, 1.82) is 0 Å². The van der Waals surface area contributed by atoms with E-state index in [1.165, 1.54) is 30.6 Å². The van der Waals surface area contributed by atoms with E-state index >= 15 is 0 Å². The fourth-order valence-electron chi connectivity index (χ4n) is 3.80. The molecule has 0 aliphatic heterocycles. The molecular formula is C24H33N3O4S. The van der Waals surface area contributed by atoms with Crippen LogP contribution in [0.5, 0.6) is 0 Å². The normalized spacial score (nSPS) is 16.9. The molecule has 1 heterocycles. The molecule has 7 nitrogen and oxygen atoms in total. The fourth-order valence-corrected chi connectivity index (χ4v) is 4.68. The number of carbonyl (C=O) groups excluding carboxylic acids is 1. The molecule has 2 amide bonds. The number of amides is 2. The van der Waals surface area contributed by atoms with Gasteiger partial charge in [-0.3, -0.25) is 10.1 Å². The molecule has 3 N–H and O–H groups in total. The lowest BCUT2D eigenvalue weighted by Crippen LogP contribution is -2.61. The Morgan fingerprint density at radius 2 is 1.84 bits per heavy atom. The third kappa shape index (κ3) is 5.66. The first-order valence-corrected chi connectivity index (χ1v) is 11.9. The molecule has 8 heteroatoms. The van der Waals surface area contributed by atoms with Crippen LogP contribution in [0.1, 0.15) is 65.4 Å². The zero-order valence-electron chi connectivity index (χ0n) is 19.2. The largest absolute Gasteiger partial charge is 0.465 e. The highest BCUT2D eigenvalue weighted by molar-refractivity contribution is 7.19. The van der Waals surface area contributed by atoms with Gasteiger partial charge in [0, 0.05) is 6.20 Å². The molecule has 0 saturated heterocycles. The summed E-state index contributed by atoms with van der Waals surface area (Å²) in [6.07, 6.45) is 6.81. The predicted molar refractivity (Wildman–Crippen MR) is 127 cm³/mol. The number of nitrogens with zero attached hydrogens (tertiary/aromatic N) is 1. The molecule has 1 aromatic carbocycles. The fraction of sp³-hybridized carbons (Fsp3) is 0.542. The minimum absolute atomic E-state index is 0.324. The van der Waals surface area contributed by atoms with Crippen molar-refractivity contribution in [2.75, 3.05) is 5.32 Å². The van der Waals surface area contributed by atoms with E-state index in [0.717, 1.165) is 28.8 Å². The van der Waals surface area contributed by atoms with E-state index in [1.807, 2.05) is 39.0 Å². The van der Waals surface area contributed by atoms with Gasteiger partial charge in [0.2, 0.25) is 0 Å². The van der Waals surface area contributed by atoms with Gasteiger partial charge >= 0.3 is 6.09 Å². The molecule has 2 aromatic rings. The smallest absolute Gasteiger partial charge is 0.405 e. The van der Waals surface area contributed by atoms with Gasteiger partial charge in [0.05, 0.1) is 17.6 Å². The maximum Gasteiger partial charge on any atom is 0.405 e. The van der Waals surface area contributed by atoms with Crippen molar-refractivity contribution in [2.24, 2.45) is 5.41 Å². The van der Waals surface area contributed by atoms with Gasteiger partial charge in [0.25, 0.3) is 5.91 Å². The van der Waals surface area contributed by atoms with Crippen molar-refractivity contribution in [3.8, 4) is 10.4 Å². The van der Waals surface area contributed by atoms with Gasteiger partial charge in [0.15, 0.2) is 5.13 Å². The Hall–Kier alpha value is -2.45. The zero-order chi connectivity index (χ0) is 23.4. The standard InChI is InChI=1S/C24H33N3O4S/c1-23(2,3)24(4,27-22(29)30)20(28)26-21-25-14-19(32-21)18-13-9-8-10-16(18)15-31-17-11-6-5-7-12-17/h8-10,13-14,17,27H,5-7,11-12,15H2,1-4H3,(H,29,30)(H,25,26,28)/t24-/m1/s1. The lowest BCUT2D eigenvalue weighted by Gasteiger charge is -2.39. The number of carbonyl (C=O) groups is 2. The molecule has 0 unspecified atom stereocenters. The van der Waals surface area contributed by atoms with Crippen molar-refractivity contribution < 1.29 is 19.4 Å². The Kier molecular flexibility index (Phi) is 7.56. The number of thiazole rings is 1. The highest BCUT2D eigenvalue weighted by Gasteiger charge is 2.46. The third-order valence-corrected chi connectivity index (χ3v) is 7.29. The molecule has 1 saturated carbocycles. The molecule has 0 bridgehead atoms. The maximum absolute atomic E-state index is 13.0. The van der Waals surface area contributed by atoms with Crippen LogP contribution in [0.4, 0.5) is 9.93 Å². The van der Waals surface area contributed by atoms with Gasteiger partial charge < -0.3 is 15.2 Å². The molecule has 174 valence electrons. The lowest BCUT2D eigenvalue weighted by atomic mass is 9.74. The number of hydrogen-bond donors (Lipinski definition) is 3. The van der Waals surface area contributed by atoms with Gasteiger partial charge in [-0.2, -0.15) is 0 Å². The van der Waals surface area contributed by atoms with Crippen LogP contribution < -0.4 is 10.6 Å². The second-order valence-corrected chi connectivity index (χ2v) is 10.5. The minimum atomic E-state index is -1.32. The number of anilines is 1. The first-order valence-electron chi connectivity index (χ1n) is 11.1. The Labute approximate surface area is 193 Å². The van der Waals surface area contributed by atoms with Crippen molar-refractivity contribution >= 4 is 28.5 Å². The molecule has 1 aliphatic rings. The molecule has 32 heavy (non-hydrogen) atoms. The van der Waals surface area contributed by atoms with Crippen molar-refractivity contribution in [2.45, 2.75) is 78.0 Å². The monoisotopic (exact) mass is 459 g/mol. The zero-order valence-corrected chi connectivity index (χ0v) is 20.1. The summed E-state index contributed by atoms with van der Waals surface area (Å²) >= 11 is 1.36. The summed E-state index contributed by atoms with van der Waals surface area (Å²) in [6, 6.07) is 8.07. The second kappa shape index (κ2) is 10.0. The van der Waals surface area contributed by atoms with E-state index in [1.54, 1.807) is 13.1 Å². The summed E-state index contributed by atoms with van der Waals surface area (Å²) in [5.74, 6) is -0.442. The summed E-state index contributed by atoms with van der Waals surface area (Å²) in [4.78, 5) is 29.6. The van der Waals surface area contributed by atoms with Crippen LogP contribution in [0, 0.1) is 5.41 Å². The topological polar surface area (TPSA) is 101 Å². The van der Waals surface area contributed by atoms with Gasteiger partial charge in [-0.1, -0.05) is 75.6 Å². The van der Waals surface area contributed by atoms with E-state index in [4.69, 9.17) is 4.74 Å². The number of carboxylic acid groups (broad SMARTS) is 1. The average molecular weight is 460 g/mol. The van der Waals surface area contributed by atoms with Gasteiger partial charge in [0.1, 0.15) is 5.54 Å². The molecule has 1 aliphatic carbocycles. The van der Waals surface area contributed by atoms with E-state index in [-0.39, 0.29) is 0 Å². The number of aromatic nitrogens is 1. The highest BCUT2D eigenvalue weighted by Crippen LogP contribution is 2.35. The van der Waals surface area contributed by atoms with E-state index < -0.39 is 23.0 Å². The number of nitrogens with one attached hydrogen (secondary N) is 2. The Balaban J connectivity index is 1.74. The second-order valence-electron chi connectivity index (χ2n) is 9.52. The van der Waals surface area contributed by atoms with Crippen molar-refractivity contribution in [1.82, 2.24) is 10.3 Å². The minimum Gasteiger partial charge on any atom is -0.465 e. The van der Waals surface area contributed by atoms with Crippen LogP contribution in [0.3, 0.4) is 0 Å². The Morgan fingerprint density at radius 1 is 1.16 bits per heavy atom. The molecule has 3 rings (SSSR count). The van der Waals surface area contributed by atoms with Crippen LogP contribution in [0.25, 0.3) is 10.4 Å². The molecule has 1 fully saturated rings. The first-order chi connectivity index (χ1) is 15.1. The summed E-state index contributed by atoms with van der Waals surface area (Å²) in [5, 5.41) is 14.8. The first kappa shape index (κ1) is 24.2. The van der Waals surface area contributed by atoms with Crippen LogP contribution in [0.2, 0.25) is 0 Å². The predicted octanol–water partition coefficient (Wildman–Crippen LogP) is 5.67. The average Bonchev–Trinajstić information content (AvgIpc) is 3.20. The quantitative estimate of drug-likeness (QED) is 0.495. The molecule has 0 radical (unpaired) electrons. The molecule has 1 aromatic heterocycles. The highest BCUT2D eigenvalue weighted by atomic mass is 32.1. The van der Waals surface area contributed by atoms with Crippen LogP contribution in [-0.4, -0.2) is 33.7 Å². The Morgan fingerprint density at radius 3 is 2.50 bits per heavy atom. The number of rotatable bonds is 7. The number of ether oxygens (including phenoxy) is 1. The van der Waals surface area contributed by atoms with E-state index in [0.29, 0.717) is 17.8 Å². The van der Waals surface area contributed by atoms with Crippen molar-refractivity contribution in [3.05, 3.63) is 36.0 Å². The molecule has 1 atom stereocenters. The summed E-state index contributed by atoms with van der Waals surface area (Å²) < 4.78 is 6.17. The van der Waals surface area contributed by atoms with Crippen LogP contribution in [0.15, 0.2) is 30.5 Å². The van der Waals surface area contributed by atoms with Gasteiger partial charge in [-0.05, 0) is 36.3 Å². The van der Waals surface area contributed by atoms with Gasteiger partial charge in [-0.25, -0.2) is 9.78 Å². The lowest BCUT2D eigenvalue weighted by molar-refractivity contribution is -0.125. The van der Waals surface area contributed by atoms with Gasteiger partial charge in [-0.15, -0.1) is 0 Å². The number of benzene rings is 1. The molecule has 0 spiro atoms.